The first-order chi connectivity index (χ1) is 12.4. The molecule has 0 saturated heterocycles. The Morgan fingerprint density at radius 2 is 1.08 bits per heavy atom. The van der Waals surface area contributed by atoms with E-state index in [1.165, 1.54) is 0 Å². The van der Waals surface area contributed by atoms with E-state index in [1.807, 2.05) is 78.9 Å². The van der Waals surface area contributed by atoms with Crippen LogP contribution in [0.15, 0.2) is 107 Å². The quantitative estimate of drug-likeness (QED) is 0.551. The fourth-order valence-electron chi connectivity index (χ4n) is 2.58. The molecule has 0 radical (unpaired) electrons. The Balaban J connectivity index is 1.75. The van der Waals surface area contributed by atoms with Crippen LogP contribution in [0.4, 0.5) is 11.4 Å². The predicted molar refractivity (Wildman–Crippen MR) is 109 cm³/mol. The van der Waals surface area contributed by atoms with E-state index in [9.17, 15) is 0 Å². The Hall–Kier alpha value is -2.91. The molecule has 0 aromatic heterocycles. The van der Waals surface area contributed by atoms with E-state index >= 15 is 0 Å². The molecule has 0 spiro atoms. The first kappa shape index (κ1) is 15.6. The summed E-state index contributed by atoms with van der Waals surface area (Å²) in [7, 11) is 0. The normalized spacial score (nSPS) is 17.0. The average Bonchev–Trinajstić information content (AvgIpc) is 3.06. The van der Waals surface area contributed by atoms with Crippen molar-refractivity contribution in [2.45, 2.75) is 0 Å². The standard InChI is InChI=1S/C22H16N2S/c1-4-10-17(11-5-1)20-16-21(23-18-12-6-2-7-13-18)25-22(20)24-19-14-8-3-9-15-19/h1-16H. The molecule has 0 fully saturated rings. The van der Waals surface area contributed by atoms with Gasteiger partial charge in [0, 0.05) is 5.57 Å². The fraction of sp³-hybridized carbons (Fsp3) is 0. The van der Waals surface area contributed by atoms with Crippen molar-refractivity contribution in [2.24, 2.45) is 9.98 Å². The minimum Gasteiger partial charge on any atom is -0.242 e. The van der Waals surface area contributed by atoms with Gasteiger partial charge in [0.15, 0.2) is 0 Å². The van der Waals surface area contributed by atoms with Gasteiger partial charge in [-0.15, -0.1) is 0 Å². The smallest absolute Gasteiger partial charge is 0.111 e. The van der Waals surface area contributed by atoms with Crippen molar-refractivity contribution < 1.29 is 0 Å². The van der Waals surface area contributed by atoms with Crippen LogP contribution in [-0.2, 0) is 0 Å². The Kier molecular flexibility index (Phi) is 4.57. The summed E-state index contributed by atoms with van der Waals surface area (Å²) in [4.78, 5) is 9.59. The molecule has 2 nitrogen and oxygen atoms in total. The molecule has 1 heterocycles. The van der Waals surface area contributed by atoms with Gasteiger partial charge in [0.25, 0.3) is 0 Å². The van der Waals surface area contributed by atoms with Gasteiger partial charge < -0.3 is 0 Å². The van der Waals surface area contributed by atoms with Crippen molar-refractivity contribution in [3.8, 4) is 0 Å². The second-order valence-corrected chi connectivity index (χ2v) is 6.57. The lowest BCUT2D eigenvalue weighted by Gasteiger charge is -2.04. The van der Waals surface area contributed by atoms with Crippen molar-refractivity contribution in [3.63, 3.8) is 0 Å². The van der Waals surface area contributed by atoms with E-state index in [2.05, 4.69) is 18.2 Å². The van der Waals surface area contributed by atoms with Gasteiger partial charge in [-0.2, -0.15) is 0 Å². The van der Waals surface area contributed by atoms with Crippen molar-refractivity contribution in [1.82, 2.24) is 0 Å². The van der Waals surface area contributed by atoms with Crippen LogP contribution < -0.4 is 0 Å². The maximum Gasteiger partial charge on any atom is 0.111 e. The molecule has 4 rings (SSSR count). The van der Waals surface area contributed by atoms with Crippen molar-refractivity contribution in [1.29, 1.82) is 0 Å². The molecule has 0 N–H and O–H groups in total. The largest absolute Gasteiger partial charge is 0.242 e. The summed E-state index contributed by atoms with van der Waals surface area (Å²) in [6.07, 6.45) is 2.12. The average molecular weight is 340 g/mol. The lowest BCUT2D eigenvalue weighted by atomic mass is 10.1. The number of hydrogen-bond acceptors (Lipinski definition) is 3. The second kappa shape index (κ2) is 7.32. The molecule has 25 heavy (non-hydrogen) atoms. The molecule has 0 bridgehead atoms. The summed E-state index contributed by atoms with van der Waals surface area (Å²) < 4.78 is 0. The molecule has 1 aliphatic heterocycles. The number of nitrogens with zero attached hydrogens (tertiary/aromatic N) is 2. The summed E-state index contributed by atoms with van der Waals surface area (Å²) in [6, 6.07) is 30.4. The topological polar surface area (TPSA) is 24.7 Å². The van der Waals surface area contributed by atoms with Crippen LogP contribution in [0.5, 0.6) is 0 Å². The zero-order valence-corrected chi connectivity index (χ0v) is 14.4. The van der Waals surface area contributed by atoms with Gasteiger partial charge in [-0.25, -0.2) is 9.98 Å². The predicted octanol–water partition coefficient (Wildman–Crippen LogP) is 6.28. The summed E-state index contributed by atoms with van der Waals surface area (Å²) in [5, 5.41) is 1.94. The minimum absolute atomic E-state index is 0.952. The van der Waals surface area contributed by atoms with Crippen LogP contribution in [0.3, 0.4) is 0 Å². The summed E-state index contributed by atoms with van der Waals surface area (Å²) >= 11 is 1.61. The number of benzene rings is 3. The van der Waals surface area contributed by atoms with E-state index in [0.29, 0.717) is 0 Å². The lowest BCUT2D eigenvalue weighted by molar-refractivity contribution is 1.53. The second-order valence-electron chi connectivity index (χ2n) is 5.56. The zero-order chi connectivity index (χ0) is 16.9. The maximum absolute atomic E-state index is 4.84. The molecule has 3 aromatic rings. The summed E-state index contributed by atoms with van der Waals surface area (Å²) in [5.41, 5.74) is 4.18. The number of hydrogen-bond donors (Lipinski definition) is 0. The zero-order valence-electron chi connectivity index (χ0n) is 13.5. The van der Waals surface area contributed by atoms with Crippen LogP contribution in [0.1, 0.15) is 5.56 Å². The van der Waals surface area contributed by atoms with Gasteiger partial charge in [-0.3, -0.25) is 0 Å². The molecular formula is C22H16N2S. The third-order valence-corrected chi connectivity index (χ3v) is 4.69. The number of thioether (sulfide) groups is 1. The molecule has 0 saturated carbocycles. The Morgan fingerprint density at radius 1 is 0.560 bits per heavy atom. The Bertz CT molecular complexity index is 943. The van der Waals surface area contributed by atoms with Crippen molar-refractivity contribution in [2.75, 3.05) is 0 Å². The maximum atomic E-state index is 4.84. The third kappa shape index (κ3) is 3.78. The van der Waals surface area contributed by atoms with Gasteiger partial charge >= 0.3 is 0 Å². The van der Waals surface area contributed by atoms with Crippen molar-refractivity contribution in [3.05, 3.63) is 103 Å². The van der Waals surface area contributed by atoms with Gasteiger partial charge in [0.1, 0.15) is 10.1 Å². The molecule has 0 unspecified atom stereocenters. The first-order valence-electron chi connectivity index (χ1n) is 8.11. The van der Waals surface area contributed by atoms with Crippen LogP contribution in [0, 0.1) is 0 Å². The molecule has 3 aromatic carbocycles. The summed E-state index contributed by atoms with van der Waals surface area (Å²) in [6.45, 7) is 0. The molecule has 0 amide bonds. The molecule has 0 atom stereocenters. The monoisotopic (exact) mass is 340 g/mol. The fourth-order valence-corrected chi connectivity index (χ4v) is 3.54. The molecule has 0 aliphatic carbocycles. The van der Waals surface area contributed by atoms with Crippen LogP contribution in [0.2, 0.25) is 0 Å². The van der Waals surface area contributed by atoms with Crippen LogP contribution in [0.25, 0.3) is 5.57 Å². The third-order valence-electron chi connectivity index (χ3n) is 3.77. The van der Waals surface area contributed by atoms with Gasteiger partial charge in [0.05, 0.1) is 11.4 Å². The van der Waals surface area contributed by atoms with Gasteiger partial charge in [-0.1, -0.05) is 66.7 Å². The van der Waals surface area contributed by atoms with E-state index in [0.717, 1.165) is 32.6 Å². The Labute approximate surface area is 151 Å². The Morgan fingerprint density at radius 3 is 1.68 bits per heavy atom. The van der Waals surface area contributed by atoms with E-state index < -0.39 is 0 Å². The molecule has 3 heteroatoms. The SMILES string of the molecule is C1=C(c2ccccc2)C(=Nc2ccccc2)SC1=Nc1ccccc1. The highest BCUT2D eigenvalue weighted by atomic mass is 32.2. The van der Waals surface area contributed by atoms with E-state index in [1.54, 1.807) is 11.8 Å². The number of rotatable bonds is 3. The van der Waals surface area contributed by atoms with Crippen LogP contribution in [-0.4, -0.2) is 10.1 Å². The van der Waals surface area contributed by atoms with Crippen molar-refractivity contribution >= 4 is 38.8 Å². The lowest BCUT2D eigenvalue weighted by Crippen LogP contribution is -1.92. The van der Waals surface area contributed by atoms with Gasteiger partial charge in [0.2, 0.25) is 0 Å². The van der Waals surface area contributed by atoms with Crippen LogP contribution >= 0.6 is 11.8 Å². The van der Waals surface area contributed by atoms with Gasteiger partial charge in [-0.05, 0) is 47.7 Å². The summed E-state index contributed by atoms with van der Waals surface area (Å²) in [5.74, 6) is 0. The molecule has 120 valence electrons. The van der Waals surface area contributed by atoms with E-state index in [4.69, 9.17) is 9.98 Å². The highest BCUT2D eigenvalue weighted by molar-refractivity contribution is 8.28. The highest BCUT2D eigenvalue weighted by Gasteiger charge is 2.21. The highest BCUT2D eigenvalue weighted by Crippen LogP contribution is 2.34. The van der Waals surface area contributed by atoms with E-state index in [-0.39, 0.29) is 0 Å². The number of para-hydroxylation sites is 2. The first-order valence-corrected chi connectivity index (χ1v) is 8.93. The minimum atomic E-state index is 0.952. The molecular weight excluding hydrogens is 324 g/mol. The number of aliphatic imine (C=N–C) groups is 2. The molecule has 1 aliphatic rings.